The third-order valence-corrected chi connectivity index (χ3v) is 6.90. The van der Waals surface area contributed by atoms with E-state index in [2.05, 4.69) is 15.5 Å². The van der Waals surface area contributed by atoms with Crippen LogP contribution in [0, 0.1) is 0 Å². The number of hydrogen-bond acceptors (Lipinski definition) is 9. The molecule has 1 N–H and O–H groups in total. The molecule has 0 aliphatic carbocycles. The van der Waals surface area contributed by atoms with Crippen molar-refractivity contribution in [3.05, 3.63) is 94.8 Å². The van der Waals surface area contributed by atoms with Gasteiger partial charge in [-0.05, 0) is 54.1 Å². The molecule has 0 saturated heterocycles. The van der Waals surface area contributed by atoms with Crippen LogP contribution in [0.4, 0.5) is 10.8 Å². The number of aromatic nitrogens is 2. The van der Waals surface area contributed by atoms with E-state index in [4.69, 9.17) is 13.9 Å². The van der Waals surface area contributed by atoms with Crippen molar-refractivity contribution < 1.29 is 13.9 Å². The lowest BCUT2D eigenvalue weighted by Gasteiger charge is -2.07. The highest BCUT2D eigenvalue weighted by Gasteiger charge is 2.11. The van der Waals surface area contributed by atoms with Gasteiger partial charge in [0, 0.05) is 29.0 Å². The van der Waals surface area contributed by atoms with Crippen LogP contribution in [-0.2, 0) is 5.75 Å². The van der Waals surface area contributed by atoms with Gasteiger partial charge in [0.2, 0.25) is 5.13 Å². The molecule has 0 spiro atoms. The Kier molecular flexibility index (Phi) is 6.46. The predicted octanol–water partition coefficient (Wildman–Crippen LogP) is 6.48. The molecule has 0 unspecified atom stereocenters. The van der Waals surface area contributed by atoms with Gasteiger partial charge in [-0.25, -0.2) is 4.79 Å². The third kappa shape index (κ3) is 5.22. The molecule has 0 atom stereocenters. The maximum Gasteiger partial charge on any atom is 0.336 e. The Balaban J connectivity index is 1.23. The monoisotopic (exact) mass is 489 g/mol. The quantitative estimate of drug-likeness (QED) is 0.196. The minimum absolute atomic E-state index is 0.393. The fraction of sp³-hybridized carbons (Fsp3) is 0.0800. The number of nitrogens with one attached hydrogen (secondary N) is 1. The zero-order valence-electron chi connectivity index (χ0n) is 18.1. The van der Waals surface area contributed by atoms with Crippen LogP contribution >= 0.6 is 23.1 Å². The van der Waals surface area contributed by atoms with Crippen LogP contribution in [0.25, 0.3) is 11.0 Å². The molecule has 7 nitrogen and oxygen atoms in total. The number of benzene rings is 3. The zero-order valence-corrected chi connectivity index (χ0v) is 19.7. The number of rotatable bonds is 8. The number of para-hydroxylation sites is 1. The van der Waals surface area contributed by atoms with Gasteiger partial charge in [0.1, 0.15) is 22.8 Å². The Morgan fingerprint density at radius 3 is 2.50 bits per heavy atom. The summed E-state index contributed by atoms with van der Waals surface area (Å²) in [6.07, 6.45) is 0. The second-order valence-electron chi connectivity index (χ2n) is 7.18. The van der Waals surface area contributed by atoms with Gasteiger partial charge < -0.3 is 19.2 Å². The van der Waals surface area contributed by atoms with E-state index in [1.165, 1.54) is 29.2 Å². The molecule has 0 saturated carbocycles. The first-order chi connectivity index (χ1) is 16.7. The smallest absolute Gasteiger partial charge is 0.336 e. The summed E-state index contributed by atoms with van der Waals surface area (Å²) in [5, 5.41) is 13.3. The highest BCUT2D eigenvalue weighted by Crippen LogP contribution is 2.32. The molecular weight excluding hydrogens is 470 g/mol. The van der Waals surface area contributed by atoms with Crippen molar-refractivity contribution in [1.82, 2.24) is 10.2 Å². The second kappa shape index (κ2) is 9.98. The zero-order chi connectivity index (χ0) is 23.3. The highest BCUT2D eigenvalue weighted by molar-refractivity contribution is 8.00. The van der Waals surface area contributed by atoms with Crippen molar-refractivity contribution >= 4 is 44.9 Å². The van der Waals surface area contributed by atoms with Crippen LogP contribution in [0.1, 0.15) is 5.56 Å². The molecular formula is C25H19N3O4S2. The molecule has 9 heteroatoms. The van der Waals surface area contributed by atoms with E-state index >= 15 is 0 Å². The number of thioether (sulfide) groups is 1. The standard InChI is InChI=1S/C25H19N3O4S2/c1-30-20-11-12-21-16(13-23(29)32-22(21)14-20)15-33-25-28-27-24(34-25)26-17-7-9-19(10-8-17)31-18-5-3-2-4-6-18/h2-14H,15H2,1H3,(H,26,27). The van der Waals surface area contributed by atoms with Gasteiger partial charge in [-0.1, -0.05) is 41.3 Å². The molecule has 0 aliphatic heterocycles. The summed E-state index contributed by atoms with van der Waals surface area (Å²) in [6.45, 7) is 0. The molecule has 3 aromatic carbocycles. The number of fused-ring (bicyclic) bond motifs is 1. The van der Waals surface area contributed by atoms with Crippen LogP contribution < -0.4 is 20.4 Å². The summed E-state index contributed by atoms with van der Waals surface area (Å²) in [7, 11) is 1.58. The summed E-state index contributed by atoms with van der Waals surface area (Å²) in [5.74, 6) is 2.74. The number of methoxy groups -OCH3 is 1. The fourth-order valence-electron chi connectivity index (χ4n) is 3.27. The van der Waals surface area contributed by atoms with Crippen LogP contribution in [0.5, 0.6) is 17.2 Å². The maximum atomic E-state index is 12.0. The van der Waals surface area contributed by atoms with Crippen molar-refractivity contribution in [2.24, 2.45) is 0 Å². The molecule has 34 heavy (non-hydrogen) atoms. The lowest BCUT2D eigenvalue weighted by atomic mass is 10.1. The van der Waals surface area contributed by atoms with E-state index in [0.717, 1.165) is 32.5 Å². The Morgan fingerprint density at radius 2 is 1.71 bits per heavy atom. The number of nitrogens with zero attached hydrogens (tertiary/aromatic N) is 2. The first-order valence-corrected chi connectivity index (χ1v) is 12.1. The first kappa shape index (κ1) is 22.0. The summed E-state index contributed by atoms with van der Waals surface area (Å²) < 4.78 is 17.2. The van der Waals surface area contributed by atoms with E-state index in [1.54, 1.807) is 13.2 Å². The van der Waals surface area contributed by atoms with Gasteiger partial charge in [-0.3, -0.25) is 0 Å². The second-order valence-corrected chi connectivity index (χ2v) is 9.38. The number of ether oxygens (including phenoxy) is 2. The van der Waals surface area contributed by atoms with E-state index in [9.17, 15) is 4.79 Å². The molecule has 170 valence electrons. The topological polar surface area (TPSA) is 86.5 Å². The molecule has 0 bridgehead atoms. The molecule has 2 aromatic heterocycles. The van der Waals surface area contributed by atoms with E-state index in [1.807, 2.05) is 66.7 Å². The Bertz CT molecular complexity index is 1470. The molecule has 0 aliphatic rings. The molecule has 5 rings (SSSR count). The highest BCUT2D eigenvalue weighted by atomic mass is 32.2. The fourth-order valence-corrected chi connectivity index (χ4v) is 5.03. The maximum absolute atomic E-state index is 12.0. The van der Waals surface area contributed by atoms with E-state index in [-0.39, 0.29) is 0 Å². The predicted molar refractivity (Wildman–Crippen MR) is 135 cm³/mol. The lowest BCUT2D eigenvalue weighted by molar-refractivity contribution is 0.414. The van der Waals surface area contributed by atoms with Crippen molar-refractivity contribution in [1.29, 1.82) is 0 Å². The van der Waals surface area contributed by atoms with Crippen LogP contribution in [0.3, 0.4) is 0 Å². The van der Waals surface area contributed by atoms with Gasteiger partial charge in [-0.2, -0.15) is 0 Å². The molecule has 5 aromatic rings. The minimum Gasteiger partial charge on any atom is -0.497 e. The first-order valence-electron chi connectivity index (χ1n) is 10.3. The van der Waals surface area contributed by atoms with Gasteiger partial charge in [-0.15, -0.1) is 10.2 Å². The summed E-state index contributed by atoms with van der Waals surface area (Å²) in [5.41, 5.74) is 1.86. The van der Waals surface area contributed by atoms with E-state index < -0.39 is 5.63 Å². The average molecular weight is 490 g/mol. The largest absolute Gasteiger partial charge is 0.497 e. The molecule has 0 fully saturated rings. The van der Waals surface area contributed by atoms with Gasteiger partial charge >= 0.3 is 5.63 Å². The Morgan fingerprint density at radius 1 is 0.941 bits per heavy atom. The Labute approximate surface area is 203 Å². The molecule has 2 heterocycles. The lowest BCUT2D eigenvalue weighted by Crippen LogP contribution is -2.00. The normalized spacial score (nSPS) is 10.9. The van der Waals surface area contributed by atoms with Gasteiger partial charge in [0.15, 0.2) is 4.34 Å². The number of anilines is 2. The van der Waals surface area contributed by atoms with Crippen molar-refractivity contribution in [3.63, 3.8) is 0 Å². The van der Waals surface area contributed by atoms with Crippen molar-refractivity contribution in [2.75, 3.05) is 12.4 Å². The van der Waals surface area contributed by atoms with Crippen molar-refractivity contribution in [2.45, 2.75) is 10.1 Å². The molecule has 0 radical (unpaired) electrons. The van der Waals surface area contributed by atoms with Crippen LogP contribution in [0.2, 0.25) is 0 Å². The van der Waals surface area contributed by atoms with Gasteiger partial charge in [0.05, 0.1) is 7.11 Å². The SMILES string of the molecule is COc1ccc2c(CSc3nnc(Nc4ccc(Oc5ccccc5)cc4)s3)cc(=O)oc2c1. The minimum atomic E-state index is -0.393. The number of hydrogen-bond donors (Lipinski definition) is 1. The summed E-state index contributed by atoms with van der Waals surface area (Å²) >= 11 is 2.96. The van der Waals surface area contributed by atoms with Gasteiger partial charge in [0.25, 0.3) is 0 Å². The average Bonchev–Trinajstić information content (AvgIpc) is 3.31. The van der Waals surface area contributed by atoms with Crippen LogP contribution in [0.15, 0.2) is 92.4 Å². The third-order valence-electron chi connectivity index (χ3n) is 4.88. The van der Waals surface area contributed by atoms with E-state index in [0.29, 0.717) is 22.2 Å². The van der Waals surface area contributed by atoms with Crippen molar-refractivity contribution in [3.8, 4) is 17.2 Å². The summed E-state index contributed by atoms with van der Waals surface area (Å²) in [6, 6.07) is 24.3. The molecule has 0 amide bonds. The van der Waals surface area contributed by atoms with Crippen LogP contribution in [-0.4, -0.2) is 17.3 Å². The summed E-state index contributed by atoms with van der Waals surface area (Å²) in [4.78, 5) is 12.0. The Hall–Kier alpha value is -3.82.